The number of hydrogen-bond donors (Lipinski definition) is 1. The molecule has 6 nitrogen and oxygen atoms in total. The maximum atomic E-state index is 5.18. The van der Waals surface area contributed by atoms with Crippen LogP contribution in [0.4, 0.5) is 0 Å². The monoisotopic (exact) mass is 477 g/mol. The average molecular weight is 477 g/mol. The lowest BCUT2D eigenvalue weighted by Gasteiger charge is -2.31. The van der Waals surface area contributed by atoms with Crippen molar-refractivity contribution in [3.8, 4) is 0 Å². The van der Waals surface area contributed by atoms with E-state index in [1.807, 2.05) is 0 Å². The molecule has 0 atom stereocenters. The molecule has 0 bridgehead atoms. The molecule has 0 aromatic carbocycles. The number of aryl methyl sites for hydroxylation is 1. The van der Waals surface area contributed by atoms with Crippen LogP contribution in [-0.4, -0.2) is 73.8 Å². The molecule has 0 unspecified atom stereocenters. The minimum atomic E-state index is 0. The molecular formula is C19H36IN5O. The van der Waals surface area contributed by atoms with Crippen LogP contribution >= 0.6 is 24.0 Å². The second-order valence-electron chi connectivity index (χ2n) is 6.94. The minimum Gasteiger partial charge on any atom is -0.383 e. The summed E-state index contributed by atoms with van der Waals surface area (Å²) in [5, 5.41) is 3.43. The van der Waals surface area contributed by atoms with Gasteiger partial charge in [-0.1, -0.05) is 0 Å². The summed E-state index contributed by atoms with van der Waals surface area (Å²) in [6.07, 6.45) is 4.55. The first-order chi connectivity index (χ1) is 12.1. The number of likely N-dealkylation sites (tertiary alicyclic amines) is 1. The third-order valence-corrected chi connectivity index (χ3v) is 4.96. The van der Waals surface area contributed by atoms with Gasteiger partial charge < -0.3 is 24.4 Å². The standard InChI is InChI=1S/C19H35N5O.HI/c1-5-20-19(23(3)16-18-7-6-10-22(18)2)21-15-17-8-11-24(12-9-17)13-14-25-4;/h6-7,10,17H,5,8-9,11-16H2,1-4H3,(H,20,21);1H. The highest BCUT2D eigenvalue weighted by molar-refractivity contribution is 14.0. The summed E-state index contributed by atoms with van der Waals surface area (Å²) < 4.78 is 7.34. The number of ether oxygens (including phenoxy) is 1. The molecule has 2 rings (SSSR count). The molecule has 0 amide bonds. The van der Waals surface area contributed by atoms with Crippen molar-refractivity contribution in [2.75, 3.05) is 53.5 Å². The molecule has 26 heavy (non-hydrogen) atoms. The zero-order valence-corrected chi connectivity index (χ0v) is 19.1. The first-order valence-corrected chi connectivity index (χ1v) is 9.45. The zero-order valence-electron chi connectivity index (χ0n) is 16.8. The number of guanidine groups is 1. The molecule has 2 heterocycles. The number of piperidine rings is 1. The molecule has 1 aliphatic rings. The van der Waals surface area contributed by atoms with E-state index in [1.165, 1.54) is 31.6 Å². The molecule has 7 heteroatoms. The summed E-state index contributed by atoms with van der Waals surface area (Å²) in [7, 11) is 5.97. The lowest BCUT2D eigenvalue weighted by molar-refractivity contribution is 0.121. The van der Waals surface area contributed by atoms with Crippen molar-refractivity contribution in [2.45, 2.75) is 26.3 Å². The second-order valence-corrected chi connectivity index (χ2v) is 6.94. The Morgan fingerprint density at radius 3 is 2.69 bits per heavy atom. The Kier molecular flexibility index (Phi) is 11.2. The lowest BCUT2D eigenvalue weighted by Crippen LogP contribution is -2.40. The van der Waals surface area contributed by atoms with E-state index in [2.05, 4.69) is 59.0 Å². The van der Waals surface area contributed by atoms with Gasteiger partial charge in [-0.2, -0.15) is 0 Å². The quantitative estimate of drug-likeness (QED) is 0.355. The van der Waals surface area contributed by atoms with Crippen molar-refractivity contribution in [2.24, 2.45) is 18.0 Å². The van der Waals surface area contributed by atoms with Gasteiger partial charge in [0, 0.05) is 52.7 Å². The van der Waals surface area contributed by atoms with Crippen molar-refractivity contribution in [1.29, 1.82) is 0 Å². The van der Waals surface area contributed by atoms with Crippen LogP contribution < -0.4 is 5.32 Å². The summed E-state index contributed by atoms with van der Waals surface area (Å²) in [5.41, 5.74) is 1.29. The van der Waals surface area contributed by atoms with Crippen molar-refractivity contribution in [3.63, 3.8) is 0 Å². The van der Waals surface area contributed by atoms with Crippen LogP contribution in [-0.2, 0) is 18.3 Å². The summed E-state index contributed by atoms with van der Waals surface area (Å²) in [4.78, 5) is 9.62. The van der Waals surface area contributed by atoms with Gasteiger partial charge in [0.1, 0.15) is 0 Å². The van der Waals surface area contributed by atoms with Crippen LogP contribution in [0.2, 0.25) is 0 Å². The second kappa shape index (κ2) is 12.6. The maximum absolute atomic E-state index is 5.18. The fourth-order valence-corrected chi connectivity index (χ4v) is 3.28. The van der Waals surface area contributed by atoms with E-state index in [4.69, 9.17) is 9.73 Å². The fourth-order valence-electron chi connectivity index (χ4n) is 3.28. The molecule has 1 aromatic heterocycles. The van der Waals surface area contributed by atoms with E-state index in [0.717, 1.165) is 38.7 Å². The predicted octanol–water partition coefficient (Wildman–Crippen LogP) is 2.40. The minimum absolute atomic E-state index is 0. The number of nitrogens with zero attached hydrogens (tertiary/aromatic N) is 4. The first-order valence-electron chi connectivity index (χ1n) is 9.45. The number of aromatic nitrogens is 1. The van der Waals surface area contributed by atoms with Crippen LogP contribution in [0.5, 0.6) is 0 Å². The van der Waals surface area contributed by atoms with Crippen molar-refractivity contribution in [1.82, 2.24) is 19.7 Å². The van der Waals surface area contributed by atoms with Gasteiger partial charge in [-0.15, -0.1) is 24.0 Å². The fraction of sp³-hybridized carbons (Fsp3) is 0.737. The topological polar surface area (TPSA) is 45.0 Å². The van der Waals surface area contributed by atoms with Gasteiger partial charge in [0.25, 0.3) is 0 Å². The predicted molar refractivity (Wildman–Crippen MR) is 119 cm³/mol. The molecule has 0 radical (unpaired) electrons. The summed E-state index contributed by atoms with van der Waals surface area (Å²) >= 11 is 0. The Balaban J connectivity index is 0.00000338. The third-order valence-electron chi connectivity index (χ3n) is 4.96. The summed E-state index contributed by atoms with van der Waals surface area (Å²) in [5.74, 6) is 1.70. The number of hydrogen-bond acceptors (Lipinski definition) is 3. The molecule has 0 spiro atoms. The largest absolute Gasteiger partial charge is 0.383 e. The van der Waals surface area contributed by atoms with Gasteiger partial charge in [-0.3, -0.25) is 4.99 Å². The van der Waals surface area contributed by atoms with E-state index in [0.29, 0.717) is 5.92 Å². The van der Waals surface area contributed by atoms with E-state index < -0.39 is 0 Å². The number of halogens is 1. The Bertz CT molecular complexity index is 526. The van der Waals surface area contributed by atoms with Crippen LogP contribution in [0.25, 0.3) is 0 Å². The number of nitrogens with one attached hydrogen (secondary N) is 1. The molecule has 0 aliphatic carbocycles. The van der Waals surface area contributed by atoms with Gasteiger partial charge in [-0.05, 0) is 50.9 Å². The molecule has 1 aromatic rings. The Labute approximate surface area is 176 Å². The SMILES string of the molecule is CCNC(=NCC1CCN(CCOC)CC1)N(C)Cc1cccn1C.I. The van der Waals surface area contributed by atoms with E-state index in [1.54, 1.807) is 7.11 Å². The molecule has 150 valence electrons. The third kappa shape index (κ3) is 7.44. The summed E-state index contributed by atoms with van der Waals surface area (Å²) in [6, 6.07) is 4.25. The van der Waals surface area contributed by atoms with Gasteiger partial charge in [-0.25, -0.2) is 0 Å². The smallest absolute Gasteiger partial charge is 0.194 e. The molecule has 1 aliphatic heterocycles. The molecular weight excluding hydrogens is 441 g/mol. The number of rotatable bonds is 8. The first kappa shape index (κ1) is 23.2. The van der Waals surface area contributed by atoms with Crippen molar-refractivity contribution in [3.05, 3.63) is 24.0 Å². The van der Waals surface area contributed by atoms with Crippen LogP contribution in [0.3, 0.4) is 0 Å². The van der Waals surface area contributed by atoms with E-state index in [9.17, 15) is 0 Å². The van der Waals surface area contributed by atoms with Gasteiger partial charge in [0.05, 0.1) is 13.2 Å². The highest BCUT2D eigenvalue weighted by Crippen LogP contribution is 2.17. The van der Waals surface area contributed by atoms with Gasteiger partial charge >= 0.3 is 0 Å². The molecule has 0 saturated carbocycles. The summed E-state index contributed by atoms with van der Waals surface area (Å²) in [6.45, 7) is 9.01. The number of aliphatic imine (C=N–C) groups is 1. The van der Waals surface area contributed by atoms with Gasteiger partial charge in [0.15, 0.2) is 5.96 Å². The Morgan fingerprint density at radius 2 is 2.12 bits per heavy atom. The van der Waals surface area contributed by atoms with Crippen molar-refractivity contribution < 1.29 is 4.74 Å². The Hall–Kier alpha value is -0.800. The average Bonchev–Trinajstić information content (AvgIpc) is 3.02. The number of methoxy groups -OCH3 is 1. The lowest BCUT2D eigenvalue weighted by atomic mass is 9.97. The Morgan fingerprint density at radius 1 is 1.38 bits per heavy atom. The van der Waals surface area contributed by atoms with E-state index >= 15 is 0 Å². The van der Waals surface area contributed by atoms with Crippen molar-refractivity contribution >= 4 is 29.9 Å². The van der Waals surface area contributed by atoms with E-state index in [-0.39, 0.29) is 24.0 Å². The molecule has 1 N–H and O–H groups in total. The molecule has 1 saturated heterocycles. The zero-order chi connectivity index (χ0) is 18.1. The van der Waals surface area contributed by atoms with Crippen LogP contribution in [0.1, 0.15) is 25.5 Å². The maximum Gasteiger partial charge on any atom is 0.194 e. The van der Waals surface area contributed by atoms with Gasteiger partial charge in [0.2, 0.25) is 0 Å². The highest BCUT2D eigenvalue weighted by atomic mass is 127. The van der Waals surface area contributed by atoms with Crippen LogP contribution in [0, 0.1) is 5.92 Å². The highest BCUT2D eigenvalue weighted by Gasteiger charge is 2.19. The normalized spacial score (nSPS) is 16.4. The van der Waals surface area contributed by atoms with Crippen LogP contribution in [0.15, 0.2) is 23.3 Å². The molecule has 1 fully saturated rings.